The molecule has 5 nitrogen and oxygen atoms in total. The summed E-state index contributed by atoms with van der Waals surface area (Å²) in [5, 5.41) is 10.7. The van der Waals surface area contributed by atoms with Gasteiger partial charge in [0.15, 0.2) is 0 Å². The normalized spacial score (nSPS) is 19.7. The lowest BCUT2D eigenvalue weighted by molar-refractivity contribution is -0.116. The summed E-state index contributed by atoms with van der Waals surface area (Å²) in [5.74, 6) is 1.01. The lowest BCUT2D eigenvalue weighted by atomic mass is 10.1. The summed E-state index contributed by atoms with van der Waals surface area (Å²) in [4.78, 5) is 11.7. The summed E-state index contributed by atoms with van der Waals surface area (Å²) < 4.78 is 1.90. The zero-order valence-corrected chi connectivity index (χ0v) is 10.0. The largest absolute Gasteiger partial charge is 0.365 e. The topological polar surface area (TPSA) is 59.0 Å². The number of rotatable bonds is 2. The predicted octanol–water partition coefficient (Wildman–Crippen LogP) is 1.74. The molecule has 2 N–H and O–H groups in total. The summed E-state index contributed by atoms with van der Waals surface area (Å²) in [5.41, 5.74) is 1.71. The number of carbonyl (C=O) groups excluding carboxylic acids is 1. The van der Waals surface area contributed by atoms with Crippen LogP contribution in [0.2, 0.25) is 0 Å². The maximum Gasteiger partial charge on any atom is 0.226 e. The van der Waals surface area contributed by atoms with Crippen molar-refractivity contribution >= 4 is 17.4 Å². The summed E-state index contributed by atoms with van der Waals surface area (Å²) in [7, 11) is 0. The average molecular weight is 222 g/mol. The number of carbonyl (C=O) groups is 1. The van der Waals surface area contributed by atoms with Gasteiger partial charge < -0.3 is 10.6 Å². The quantitative estimate of drug-likeness (QED) is 0.801. The highest BCUT2D eigenvalue weighted by atomic mass is 16.1. The second kappa shape index (κ2) is 4.15. The van der Waals surface area contributed by atoms with Gasteiger partial charge in [-0.3, -0.25) is 4.79 Å². The number of hydrogen-bond donors (Lipinski definition) is 2. The van der Waals surface area contributed by atoms with Gasteiger partial charge in [-0.2, -0.15) is 5.10 Å². The van der Waals surface area contributed by atoms with E-state index < -0.39 is 0 Å². The molecule has 1 atom stereocenters. The van der Waals surface area contributed by atoms with Gasteiger partial charge in [0.25, 0.3) is 0 Å². The monoisotopic (exact) mass is 222 g/mol. The first-order chi connectivity index (χ1) is 7.65. The molecule has 1 unspecified atom stereocenters. The molecule has 1 aliphatic rings. The minimum atomic E-state index is 0.0665. The van der Waals surface area contributed by atoms with E-state index in [1.54, 1.807) is 0 Å². The zero-order chi connectivity index (χ0) is 11.7. The van der Waals surface area contributed by atoms with Crippen LogP contribution in [0.5, 0.6) is 0 Å². The molecule has 88 valence electrons. The first-order valence-corrected chi connectivity index (χ1v) is 5.79. The number of nitrogens with one attached hydrogen (secondary N) is 2. The van der Waals surface area contributed by atoms with Crippen molar-refractivity contribution in [2.24, 2.45) is 0 Å². The van der Waals surface area contributed by atoms with Crippen LogP contribution in [0.1, 0.15) is 32.4 Å². The van der Waals surface area contributed by atoms with Crippen molar-refractivity contribution in [3.05, 3.63) is 5.69 Å². The van der Waals surface area contributed by atoms with Gasteiger partial charge in [0.1, 0.15) is 11.5 Å². The van der Waals surface area contributed by atoms with E-state index in [1.165, 1.54) is 0 Å². The van der Waals surface area contributed by atoms with Crippen molar-refractivity contribution in [3.8, 4) is 0 Å². The molecule has 0 bridgehead atoms. The Morgan fingerprint density at radius 2 is 2.25 bits per heavy atom. The van der Waals surface area contributed by atoms with Crippen molar-refractivity contribution in [2.75, 3.05) is 10.6 Å². The molecule has 0 fully saturated rings. The third kappa shape index (κ3) is 1.77. The van der Waals surface area contributed by atoms with Crippen LogP contribution in [0, 0.1) is 6.92 Å². The predicted molar refractivity (Wildman–Crippen MR) is 63.6 cm³/mol. The van der Waals surface area contributed by atoms with Crippen molar-refractivity contribution in [1.29, 1.82) is 0 Å². The lowest BCUT2D eigenvalue weighted by Gasteiger charge is -2.14. The molecule has 2 rings (SSSR count). The van der Waals surface area contributed by atoms with E-state index in [0.717, 1.165) is 30.2 Å². The van der Waals surface area contributed by atoms with Crippen LogP contribution in [0.3, 0.4) is 0 Å². The van der Waals surface area contributed by atoms with E-state index >= 15 is 0 Å². The third-order valence-corrected chi connectivity index (χ3v) is 2.96. The SMILES string of the molecule is CCC1CC(=O)Nc2c(C)nn(CC)c2N1. The van der Waals surface area contributed by atoms with Crippen LogP contribution >= 0.6 is 0 Å². The first kappa shape index (κ1) is 11.0. The fourth-order valence-corrected chi connectivity index (χ4v) is 2.01. The number of nitrogens with zero attached hydrogens (tertiary/aromatic N) is 2. The molecule has 2 heterocycles. The molecule has 1 aliphatic heterocycles. The maximum absolute atomic E-state index is 11.7. The van der Waals surface area contributed by atoms with E-state index in [1.807, 2.05) is 18.5 Å². The molecule has 1 aromatic heterocycles. The first-order valence-electron chi connectivity index (χ1n) is 5.79. The van der Waals surface area contributed by atoms with Gasteiger partial charge >= 0.3 is 0 Å². The van der Waals surface area contributed by atoms with Crippen LogP contribution in [0.25, 0.3) is 0 Å². The molecule has 0 saturated carbocycles. The molecule has 5 heteroatoms. The van der Waals surface area contributed by atoms with E-state index in [9.17, 15) is 4.79 Å². The van der Waals surface area contributed by atoms with Crippen LogP contribution in [0.15, 0.2) is 0 Å². The fraction of sp³-hybridized carbons (Fsp3) is 0.636. The molecule has 1 amide bonds. The van der Waals surface area contributed by atoms with Gasteiger partial charge in [-0.15, -0.1) is 0 Å². The maximum atomic E-state index is 11.7. The summed E-state index contributed by atoms with van der Waals surface area (Å²) in [6.45, 7) is 6.84. The molecular formula is C11H18N4O. The molecule has 1 aromatic rings. The highest BCUT2D eigenvalue weighted by molar-refractivity contribution is 5.96. The van der Waals surface area contributed by atoms with Crippen LogP contribution in [-0.2, 0) is 11.3 Å². The second-order valence-electron chi connectivity index (χ2n) is 4.13. The van der Waals surface area contributed by atoms with Crippen molar-refractivity contribution in [1.82, 2.24) is 9.78 Å². The molecular weight excluding hydrogens is 204 g/mol. The smallest absolute Gasteiger partial charge is 0.226 e. The van der Waals surface area contributed by atoms with Crippen LogP contribution in [0.4, 0.5) is 11.5 Å². The number of amides is 1. The Hall–Kier alpha value is -1.52. The van der Waals surface area contributed by atoms with Gasteiger partial charge in [0, 0.05) is 19.0 Å². The Morgan fingerprint density at radius 3 is 2.88 bits per heavy atom. The van der Waals surface area contributed by atoms with E-state index in [-0.39, 0.29) is 11.9 Å². The Labute approximate surface area is 95.2 Å². The number of anilines is 2. The van der Waals surface area contributed by atoms with Gasteiger partial charge in [-0.05, 0) is 20.3 Å². The van der Waals surface area contributed by atoms with Crippen molar-refractivity contribution in [3.63, 3.8) is 0 Å². The Balaban J connectivity index is 2.43. The molecule has 0 radical (unpaired) electrons. The van der Waals surface area contributed by atoms with Crippen molar-refractivity contribution in [2.45, 2.75) is 46.2 Å². The zero-order valence-electron chi connectivity index (χ0n) is 10.0. The van der Waals surface area contributed by atoms with Crippen LogP contribution < -0.4 is 10.6 Å². The minimum absolute atomic E-state index is 0.0665. The standard InChI is InChI=1S/C11H18N4O/c1-4-8-6-9(16)13-10-7(3)14-15(5-2)11(10)12-8/h8,12H,4-6H2,1-3H3,(H,13,16). The highest BCUT2D eigenvalue weighted by Crippen LogP contribution is 2.29. The lowest BCUT2D eigenvalue weighted by Crippen LogP contribution is -2.23. The van der Waals surface area contributed by atoms with Crippen LogP contribution in [-0.4, -0.2) is 21.7 Å². The number of fused-ring (bicyclic) bond motifs is 1. The summed E-state index contributed by atoms with van der Waals surface area (Å²) in [6.07, 6.45) is 1.45. The molecule has 0 aromatic carbocycles. The molecule has 0 aliphatic carbocycles. The second-order valence-corrected chi connectivity index (χ2v) is 4.13. The Kier molecular flexibility index (Phi) is 2.85. The Bertz CT molecular complexity index is 410. The van der Waals surface area contributed by atoms with Gasteiger partial charge in [-0.1, -0.05) is 6.92 Å². The number of hydrogen-bond acceptors (Lipinski definition) is 3. The number of aryl methyl sites for hydroxylation is 2. The Morgan fingerprint density at radius 1 is 1.50 bits per heavy atom. The van der Waals surface area contributed by atoms with Gasteiger partial charge in [-0.25, -0.2) is 4.68 Å². The molecule has 0 spiro atoms. The third-order valence-electron chi connectivity index (χ3n) is 2.96. The fourth-order valence-electron chi connectivity index (χ4n) is 2.01. The van der Waals surface area contributed by atoms with Gasteiger partial charge in [0.2, 0.25) is 5.91 Å². The van der Waals surface area contributed by atoms with E-state index in [2.05, 4.69) is 22.7 Å². The average Bonchev–Trinajstić information content (AvgIpc) is 2.47. The highest BCUT2D eigenvalue weighted by Gasteiger charge is 2.24. The molecule has 16 heavy (non-hydrogen) atoms. The number of aromatic nitrogens is 2. The molecule has 0 saturated heterocycles. The minimum Gasteiger partial charge on any atom is -0.365 e. The van der Waals surface area contributed by atoms with E-state index in [0.29, 0.717) is 6.42 Å². The van der Waals surface area contributed by atoms with Gasteiger partial charge in [0.05, 0.1) is 5.69 Å². The summed E-state index contributed by atoms with van der Waals surface area (Å²) >= 11 is 0. The van der Waals surface area contributed by atoms with E-state index in [4.69, 9.17) is 0 Å². The van der Waals surface area contributed by atoms with Crippen molar-refractivity contribution < 1.29 is 4.79 Å². The summed E-state index contributed by atoms with van der Waals surface area (Å²) in [6, 6.07) is 0.197.